The van der Waals surface area contributed by atoms with Crippen molar-refractivity contribution in [1.82, 2.24) is 10.2 Å². The SMILES string of the molecule is CC(CNCc1cccs1)N1CCSCC1C. The number of hydrogen-bond acceptors (Lipinski definition) is 4. The lowest BCUT2D eigenvalue weighted by Crippen LogP contribution is -2.49. The highest BCUT2D eigenvalue weighted by Gasteiger charge is 2.22. The first kappa shape index (κ1) is 13.4. The molecule has 2 heterocycles. The highest BCUT2D eigenvalue weighted by atomic mass is 32.2. The fourth-order valence-corrected chi connectivity index (χ4v) is 4.04. The topological polar surface area (TPSA) is 15.3 Å². The lowest BCUT2D eigenvalue weighted by Gasteiger charge is -2.37. The van der Waals surface area contributed by atoms with E-state index in [0.717, 1.165) is 19.1 Å². The quantitative estimate of drug-likeness (QED) is 0.885. The van der Waals surface area contributed by atoms with Gasteiger partial charge in [-0.3, -0.25) is 4.90 Å². The summed E-state index contributed by atoms with van der Waals surface area (Å²) in [5.41, 5.74) is 0. The Morgan fingerprint density at radius 1 is 1.59 bits per heavy atom. The fraction of sp³-hybridized carbons (Fsp3) is 0.692. The minimum atomic E-state index is 0.644. The van der Waals surface area contributed by atoms with Crippen molar-refractivity contribution in [3.05, 3.63) is 22.4 Å². The van der Waals surface area contributed by atoms with Crippen molar-refractivity contribution in [2.75, 3.05) is 24.6 Å². The number of rotatable bonds is 5. The number of hydrogen-bond donors (Lipinski definition) is 1. The molecule has 1 N–H and O–H groups in total. The van der Waals surface area contributed by atoms with Crippen LogP contribution in [-0.2, 0) is 6.54 Å². The van der Waals surface area contributed by atoms with Crippen LogP contribution in [0, 0.1) is 0 Å². The van der Waals surface area contributed by atoms with Crippen molar-refractivity contribution in [3.8, 4) is 0 Å². The zero-order chi connectivity index (χ0) is 12.1. The van der Waals surface area contributed by atoms with E-state index >= 15 is 0 Å². The second kappa shape index (κ2) is 6.78. The van der Waals surface area contributed by atoms with Gasteiger partial charge in [-0.25, -0.2) is 0 Å². The molecular weight excluding hydrogens is 248 g/mol. The minimum absolute atomic E-state index is 0.644. The minimum Gasteiger partial charge on any atom is -0.310 e. The van der Waals surface area contributed by atoms with Crippen LogP contribution in [0.15, 0.2) is 17.5 Å². The summed E-state index contributed by atoms with van der Waals surface area (Å²) in [6, 6.07) is 5.69. The maximum atomic E-state index is 3.57. The van der Waals surface area contributed by atoms with E-state index in [9.17, 15) is 0 Å². The third-order valence-electron chi connectivity index (χ3n) is 3.30. The van der Waals surface area contributed by atoms with Crippen molar-refractivity contribution >= 4 is 23.1 Å². The Bertz CT molecular complexity index is 313. The molecule has 2 unspecified atom stereocenters. The third-order valence-corrected chi connectivity index (χ3v) is 5.37. The van der Waals surface area contributed by atoms with E-state index < -0.39 is 0 Å². The third kappa shape index (κ3) is 3.98. The number of thioether (sulfide) groups is 1. The van der Waals surface area contributed by atoms with Gasteiger partial charge in [-0.05, 0) is 25.3 Å². The van der Waals surface area contributed by atoms with Crippen LogP contribution < -0.4 is 5.32 Å². The number of nitrogens with zero attached hydrogens (tertiary/aromatic N) is 1. The molecule has 2 rings (SSSR count). The normalized spacial score (nSPS) is 23.8. The molecule has 0 saturated carbocycles. The van der Waals surface area contributed by atoms with E-state index in [1.807, 2.05) is 11.3 Å². The van der Waals surface area contributed by atoms with Crippen LogP contribution in [0.2, 0.25) is 0 Å². The predicted molar refractivity (Wildman–Crippen MR) is 79.0 cm³/mol. The van der Waals surface area contributed by atoms with E-state index in [1.54, 1.807) is 0 Å². The van der Waals surface area contributed by atoms with Gasteiger partial charge in [0.15, 0.2) is 0 Å². The van der Waals surface area contributed by atoms with Crippen LogP contribution in [0.3, 0.4) is 0 Å². The molecule has 1 fully saturated rings. The molecule has 1 aliphatic heterocycles. The Morgan fingerprint density at radius 2 is 2.47 bits per heavy atom. The van der Waals surface area contributed by atoms with Crippen LogP contribution >= 0.6 is 23.1 Å². The molecule has 1 saturated heterocycles. The molecule has 0 aromatic carbocycles. The van der Waals surface area contributed by atoms with E-state index in [1.165, 1.54) is 22.9 Å². The monoisotopic (exact) mass is 270 g/mol. The Kier molecular flexibility index (Phi) is 5.35. The zero-order valence-electron chi connectivity index (χ0n) is 10.7. The van der Waals surface area contributed by atoms with Crippen molar-refractivity contribution in [2.24, 2.45) is 0 Å². The summed E-state index contributed by atoms with van der Waals surface area (Å²) in [4.78, 5) is 4.07. The molecular formula is C13H22N2S2. The Morgan fingerprint density at radius 3 is 3.18 bits per heavy atom. The molecule has 0 amide bonds. The summed E-state index contributed by atoms with van der Waals surface area (Å²) in [5, 5.41) is 5.71. The van der Waals surface area contributed by atoms with Crippen LogP contribution in [0.25, 0.3) is 0 Å². The van der Waals surface area contributed by atoms with E-state index in [0.29, 0.717) is 6.04 Å². The Balaban J connectivity index is 1.71. The molecule has 0 spiro atoms. The summed E-state index contributed by atoms with van der Waals surface area (Å²) in [5.74, 6) is 2.58. The standard InChI is InChI=1S/C13H22N2S2/c1-11(15-5-7-16-10-12(15)2)8-14-9-13-4-3-6-17-13/h3-4,6,11-12,14H,5,7-10H2,1-2H3. The average Bonchev–Trinajstić information content (AvgIpc) is 2.82. The summed E-state index contributed by atoms with van der Waals surface area (Å²) >= 11 is 3.92. The van der Waals surface area contributed by atoms with E-state index in [4.69, 9.17) is 0 Å². The molecule has 0 bridgehead atoms. The van der Waals surface area contributed by atoms with E-state index in [2.05, 4.69) is 53.3 Å². The van der Waals surface area contributed by atoms with Crippen molar-refractivity contribution < 1.29 is 0 Å². The summed E-state index contributed by atoms with van der Waals surface area (Å²) in [6.45, 7) is 8.04. The van der Waals surface area contributed by atoms with Gasteiger partial charge in [0.1, 0.15) is 0 Å². The largest absolute Gasteiger partial charge is 0.310 e. The van der Waals surface area contributed by atoms with Crippen molar-refractivity contribution in [3.63, 3.8) is 0 Å². The fourth-order valence-electron chi connectivity index (χ4n) is 2.33. The molecule has 1 aromatic heterocycles. The van der Waals surface area contributed by atoms with Crippen LogP contribution in [0.1, 0.15) is 18.7 Å². The Hall–Kier alpha value is -0.0300. The molecule has 96 valence electrons. The highest BCUT2D eigenvalue weighted by Crippen LogP contribution is 2.18. The lowest BCUT2D eigenvalue weighted by molar-refractivity contribution is 0.169. The first-order valence-corrected chi connectivity index (χ1v) is 8.37. The second-order valence-corrected chi connectivity index (χ2v) is 6.90. The van der Waals surface area contributed by atoms with E-state index in [-0.39, 0.29) is 0 Å². The van der Waals surface area contributed by atoms with Gasteiger partial charge in [-0.2, -0.15) is 11.8 Å². The van der Waals surface area contributed by atoms with Gasteiger partial charge < -0.3 is 5.32 Å². The molecule has 0 aliphatic carbocycles. The van der Waals surface area contributed by atoms with Gasteiger partial charge in [0.25, 0.3) is 0 Å². The molecule has 2 atom stereocenters. The van der Waals surface area contributed by atoms with Crippen LogP contribution in [0.4, 0.5) is 0 Å². The maximum absolute atomic E-state index is 3.57. The van der Waals surface area contributed by atoms with Gasteiger partial charge in [-0.1, -0.05) is 6.07 Å². The molecule has 1 aromatic rings. The zero-order valence-corrected chi connectivity index (χ0v) is 12.3. The average molecular weight is 270 g/mol. The number of nitrogens with one attached hydrogen (secondary N) is 1. The van der Waals surface area contributed by atoms with Crippen molar-refractivity contribution in [2.45, 2.75) is 32.5 Å². The molecule has 2 nitrogen and oxygen atoms in total. The summed E-state index contributed by atoms with van der Waals surface area (Å²) in [6.07, 6.45) is 0. The summed E-state index contributed by atoms with van der Waals surface area (Å²) in [7, 11) is 0. The van der Waals surface area contributed by atoms with Gasteiger partial charge in [0.05, 0.1) is 0 Å². The molecule has 1 aliphatic rings. The van der Waals surface area contributed by atoms with Gasteiger partial charge in [-0.15, -0.1) is 11.3 Å². The highest BCUT2D eigenvalue weighted by molar-refractivity contribution is 7.99. The molecule has 4 heteroatoms. The van der Waals surface area contributed by atoms with Gasteiger partial charge in [0, 0.05) is 48.1 Å². The first-order valence-electron chi connectivity index (χ1n) is 6.34. The lowest BCUT2D eigenvalue weighted by atomic mass is 10.2. The molecule has 17 heavy (non-hydrogen) atoms. The van der Waals surface area contributed by atoms with Crippen LogP contribution in [-0.4, -0.2) is 41.6 Å². The predicted octanol–water partition coefficient (Wildman–Crippen LogP) is 2.66. The maximum Gasteiger partial charge on any atom is 0.0300 e. The Labute approximate surface area is 113 Å². The summed E-state index contributed by atoms with van der Waals surface area (Å²) < 4.78 is 0. The van der Waals surface area contributed by atoms with Crippen molar-refractivity contribution in [1.29, 1.82) is 0 Å². The van der Waals surface area contributed by atoms with Crippen LogP contribution in [0.5, 0.6) is 0 Å². The second-order valence-electron chi connectivity index (χ2n) is 4.72. The van der Waals surface area contributed by atoms with Gasteiger partial charge >= 0.3 is 0 Å². The number of thiophene rings is 1. The molecule has 0 radical (unpaired) electrons. The first-order chi connectivity index (χ1) is 8.27. The smallest absolute Gasteiger partial charge is 0.0300 e. The van der Waals surface area contributed by atoms with Gasteiger partial charge in [0.2, 0.25) is 0 Å².